The lowest BCUT2D eigenvalue weighted by Crippen LogP contribution is -2.21. The first-order valence-electron chi connectivity index (χ1n) is 8.54. The molecule has 3 aromatic rings. The number of carbonyl (C=O) groups is 1. The van der Waals surface area contributed by atoms with Crippen LogP contribution in [0.4, 0.5) is 5.13 Å². The number of rotatable bonds is 5. The van der Waals surface area contributed by atoms with Crippen molar-refractivity contribution in [3.63, 3.8) is 0 Å². The van der Waals surface area contributed by atoms with Crippen LogP contribution in [0.5, 0.6) is 0 Å². The van der Waals surface area contributed by atoms with E-state index < -0.39 is 5.91 Å². The molecule has 0 saturated heterocycles. The van der Waals surface area contributed by atoms with Crippen LogP contribution >= 0.6 is 11.3 Å². The molecule has 7 heteroatoms. The van der Waals surface area contributed by atoms with Gasteiger partial charge in [0.15, 0.2) is 10.6 Å². The fourth-order valence-electron chi connectivity index (χ4n) is 3.00. The maximum atomic E-state index is 12.3. The van der Waals surface area contributed by atoms with Gasteiger partial charge in [-0.2, -0.15) is 0 Å². The largest absolute Gasteiger partial charge is 0.364 e. The van der Waals surface area contributed by atoms with E-state index in [2.05, 4.69) is 46.7 Å². The molecule has 0 fully saturated rings. The van der Waals surface area contributed by atoms with Gasteiger partial charge in [0.2, 0.25) is 0 Å². The van der Waals surface area contributed by atoms with Gasteiger partial charge in [0.1, 0.15) is 5.56 Å². The van der Waals surface area contributed by atoms with Gasteiger partial charge in [-0.1, -0.05) is 6.92 Å². The van der Waals surface area contributed by atoms with Crippen molar-refractivity contribution in [1.82, 2.24) is 14.5 Å². The molecule has 136 valence electrons. The van der Waals surface area contributed by atoms with Crippen molar-refractivity contribution in [2.45, 2.75) is 40.7 Å². The van der Waals surface area contributed by atoms with Crippen molar-refractivity contribution in [2.75, 3.05) is 5.32 Å². The van der Waals surface area contributed by atoms with Crippen LogP contribution in [0.3, 0.4) is 0 Å². The van der Waals surface area contributed by atoms with Crippen LogP contribution in [-0.2, 0) is 6.54 Å². The van der Waals surface area contributed by atoms with E-state index in [0.717, 1.165) is 24.2 Å². The third kappa shape index (κ3) is 3.48. The van der Waals surface area contributed by atoms with Crippen LogP contribution in [0, 0.1) is 20.8 Å². The number of nitrogens with one attached hydrogen (secondary N) is 2. The molecule has 0 atom stereocenters. The van der Waals surface area contributed by atoms with Crippen LogP contribution in [0.25, 0.3) is 11.3 Å². The standard InChI is InChI=1S/C19H22N4O2S/c1-5-6-23-12(3)8-14(13(23)4)16-10-26-19(21-16)22-18(25)15-9-20-11(2)7-17(15)24/h7-10H,5-6H2,1-4H3,(H,20,24)(H,21,22,25). The van der Waals surface area contributed by atoms with Crippen LogP contribution < -0.4 is 10.7 Å². The number of aromatic nitrogens is 3. The first-order valence-corrected chi connectivity index (χ1v) is 9.42. The highest BCUT2D eigenvalue weighted by Gasteiger charge is 2.16. The molecule has 3 rings (SSSR count). The van der Waals surface area contributed by atoms with Gasteiger partial charge in [-0.25, -0.2) is 4.98 Å². The Morgan fingerprint density at radius 2 is 2.08 bits per heavy atom. The molecule has 6 nitrogen and oxygen atoms in total. The van der Waals surface area contributed by atoms with Crippen LogP contribution in [0.15, 0.2) is 28.5 Å². The van der Waals surface area contributed by atoms with Crippen molar-refractivity contribution >= 4 is 22.4 Å². The lowest BCUT2D eigenvalue weighted by Gasteiger charge is -2.07. The molecule has 0 unspecified atom stereocenters. The Bertz CT molecular complexity index is 1010. The zero-order valence-electron chi connectivity index (χ0n) is 15.3. The van der Waals surface area contributed by atoms with Gasteiger partial charge >= 0.3 is 0 Å². The summed E-state index contributed by atoms with van der Waals surface area (Å²) in [5, 5.41) is 5.12. The summed E-state index contributed by atoms with van der Waals surface area (Å²) in [5.41, 5.74) is 4.75. The molecule has 0 aliphatic carbocycles. The minimum atomic E-state index is -0.455. The van der Waals surface area contributed by atoms with Gasteiger partial charge < -0.3 is 9.55 Å². The summed E-state index contributed by atoms with van der Waals surface area (Å²) in [6.45, 7) is 9.07. The van der Waals surface area contributed by atoms with Gasteiger partial charge in [0.05, 0.1) is 5.69 Å². The number of thiazole rings is 1. The summed E-state index contributed by atoms with van der Waals surface area (Å²) < 4.78 is 2.28. The summed E-state index contributed by atoms with van der Waals surface area (Å²) in [5.74, 6) is -0.455. The van der Waals surface area contributed by atoms with Gasteiger partial charge in [-0.05, 0) is 33.3 Å². The van der Waals surface area contributed by atoms with Gasteiger partial charge in [0.25, 0.3) is 5.91 Å². The molecular weight excluding hydrogens is 348 g/mol. The average molecular weight is 370 g/mol. The summed E-state index contributed by atoms with van der Waals surface area (Å²) in [6.07, 6.45) is 2.50. The van der Waals surface area contributed by atoms with Crippen molar-refractivity contribution in [3.05, 3.63) is 56.6 Å². The predicted molar refractivity (Wildman–Crippen MR) is 105 cm³/mol. The van der Waals surface area contributed by atoms with Crippen molar-refractivity contribution in [1.29, 1.82) is 0 Å². The molecule has 3 aromatic heterocycles. The summed E-state index contributed by atoms with van der Waals surface area (Å²) in [4.78, 5) is 31.7. The van der Waals surface area contributed by atoms with Crippen LogP contribution in [-0.4, -0.2) is 20.4 Å². The number of aryl methyl sites for hydroxylation is 2. The van der Waals surface area contributed by atoms with Gasteiger partial charge in [-0.15, -0.1) is 11.3 Å². The van der Waals surface area contributed by atoms with Crippen molar-refractivity contribution in [3.8, 4) is 11.3 Å². The van der Waals surface area contributed by atoms with Crippen molar-refractivity contribution < 1.29 is 4.79 Å². The number of pyridine rings is 1. The lowest BCUT2D eigenvalue weighted by atomic mass is 10.2. The fraction of sp³-hybridized carbons (Fsp3) is 0.316. The van der Waals surface area contributed by atoms with E-state index in [0.29, 0.717) is 10.8 Å². The molecule has 0 bridgehead atoms. The highest BCUT2D eigenvalue weighted by atomic mass is 32.1. The topological polar surface area (TPSA) is 79.8 Å². The van der Waals surface area contributed by atoms with E-state index in [4.69, 9.17) is 0 Å². The summed E-state index contributed by atoms with van der Waals surface area (Å²) >= 11 is 1.35. The van der Waals surface area contributed by atoms with E-state index in [-0.39, 0.29) is 11.0 Å². The van der Waals surface area contributed by atoms with E-state index in [9.17, 15) is 9.59 Å². The molecule has 1 amide bonds. The van der Waals surface area contributed by atoms with E-state index in [1.54, 1.807) is 6.92 Å². The highest BCUT2D eigenvalue weighted by Crippen LogP contribution is 2.30. The second-order valence-electron chi connectivity index (χ2n) is 6.32. The molecular formula is C19H22N4O2S. The Labute approximate surface area is 155 Å². The quantitative estimate of drug-likeness (QED) is 0.715. The first kappa shape index (κ1) is 18.1. The van der Waals surface area contributed by atoms with Gasteiger partial charge in [0, 0.05) is 46.8 Å². The summed E-state index contributed by atoms with van der Waals surface area (Å²) in [6, 6.07) is 3.53. The van der Waals surface area contributed by atoms with Gasteiger partial charge in [-0.3, -0.25) is 14.9 Å². The fourth-order valence-corrected chi connectivity index (χ4v) is 3.70. The van der Waals surface area contributed by atoms with Crippen LogP contribution in [0.1, 0.15) is 40.8 Å². The molecule has 0 aliphatic heterocycles. The second kappa shape index (κ2) is 7.29. The number of aromatic amines is 1. The number of hydrogen-bond donors (Lipinski definition) is 2. The minimum absolute atomic E-state index is 0.0773. The number of hydrogen-bond acceptors (Lipinski definition) is 4. The molecule has 0 radical (unpaired) electrons. The lowest BCUT2D eigenvalue weighted by molar-refractivity contribution is 0.102. The Kier molecular flexibility index (Phi) is 5.08. The van der Waals surface area contributed by atoms with E-state index >= 15 is 0 Å². The molecule has 3 heterocycles. The minimum Gasteiger partial charge on any atom is -0.364 e. The third-order valence-electron chi connectivity index (χ3n) is 4.32. The predicted octanol–water partition coefficient (Wildman–Crippen LogP) is 3.89. The molecule has 0 aliphatic rings. The molecule has 0 aromatic carbocycles. The monoisotopic (exact) mass is 370 g/mol. The normalized spacial score (nSPS) is 10.9. The summed E-state index contributed by atoms with van der Waals surface area (Å²) in [7, 11) is 0. The maximum Gasteiger partial charge on any atom is 0.262 e. The maximum absolute atomic E-state index is 12.3. The number of H-pyrrole nitrogens is 1. The number of nitrogens with zero attached hydrogens (tertiary/aromatic N) is 2. The zero-order chi connectivity index (χ0) is 18.8. The Hall–Kier alpha value is -2.67. The number of amides is 1. The highest BCUT2D eigenvalue weighted by molar-refractivity contribution is 7.14. The number of carbonyl (C=O) groups excluding carboxylic acids is 1. The average Bonchev–Trinajstić information content (AvgIpc) is 3.14. The van der Waals surface area contributed by atoms with Crippen molar-refractivity contribution in [2.24, 2.45) is 0 Å². The molecule has 2 N–H and O–H groups in total. The Morgan fingerprint density at radius 1 is 1.31 bits per heavy atom. The SMILES string of the molecule is CCCn1c(C)cc(-c2csc(NC(=O)c3c[nH]c(C)cc3=O)n2)c1C. The Morgan fingerprint density at radius 3 is 2.77 bits per heavy atom. The smallest absolute Gasteiger partial charge is 0.262 e. The number of anilines is 1. The van der Waals surface area contributed by atoms with E-state index in [1.807, 2.05) is 5.38 Å². The zero-order valence-corrected chi connectivity index (χ0v) is 16.2. The van der Waals surface area contributed by atoms with E-state index in [1.165, 1.54) is 35.0 Å². The van der Waals surface area contributed by atoms with Crippen LogP contribution in [0.2, 0.25) is 0 Å². The molecule has 26 heavy (non-hydrogen) atoms. The molecule has 0 spiro atoms. The second-order valence-corrected chi connectivity index (χ2v) is 7.18. The first-order chi connectivity index (χ1) is 12.4. The molecule has 0 saturated carbocycles. The Balaban J connectivity index is 1.83. The third-order valence-corrected chi connectivity index (χ3v) is 5.08.